The average Bonchev–Trinajstić information content (AvgIpc) is 3.16. The first kappa shape index (κ1) is 21.4. The van der Waals surface area contributed by atoms with Crippen LogP contribution >= 0.6 is 11.3 Å². The van der Waals surface area contributed by atoms with Crippen molar-refractivity contribution >= 4 is 39.8 Å². The van der Waals surface area contributed by atoms with E-state index < -0.39 is 5.97 Å². The number of hydrogen-bond acceptors (Lipinski definition) is 6. The third-order valence-electron chi connectivity index (χ3n) is 6.12. The van der Waals surface area contributed by atoms with Gasteiger partial charge in [-0.1, -0.05) is 19.9 Å². The number of anilines is 2. The van der Waals surface area contributed by atoms with Crippen LogP contribution in [0.1, 0.15) is 60.5 Å². The van der Waals surface area contributed by atoms with E-state index in [1.54, 1.807) is 17.5 Å². The first-order chi connectivity index (χ1) is 14.6. The van der Waals surface area contributed by atoms with Crippen molar-refractivity contribution in [2.24, 2.45) is 5.41 Å². The fourth-order valence-electron chi connectivity index (χ4n) is 4.13. The van der Waals surface area contributed by atoms with Gasteiger partial charge < -0.3 is 19.7 Å². The lowest BCUT2D eigenvalue weighted by Gasteiger charge is -2.37. The van der Waals surface area contributed by atoms with Crippen LogP contribution in [0.15, 0.2) is 38.9 Å². The van der Waals surface area contributed by atoms with Crippen LogP contribution in [0, 0.1) is 12.3 Å². The fraction of sp³-hybridized carbons (Fsp3) is 0.417. The van der Waals surface area contributed by atoms with E-state index in [-0.39, 0.29) is 16.3 Å². The predicted molar refractivity (Wildman–Crippen MR) is 126 cm³/mol. The molecule has 0 bridgehead atoms. The van der Waals surface area contributed by atoms with Gasteiger partial charge in [0.25, 0.3) is 0 Å². The van der Waals surface area contributed by atoms with Gasteiger partial charge in [0, 0.05) is 24.7 Å². The van der Waals surface area contributed by atoms with Crippen LogP contribution < -0.4 is 15.6 Å². The van der Waals surface area contributed by atoms with Gasteiger partial charge >= 0.3 is 5.97 Å². The standard InChI is InChI=1S/C24H28N2O4S/c1-14-11-16(15(2)25-18-5-10-31-22(18)23(28)29)21-17(12-14)19(27)13-20(30-21)26-8-6-24(3,4)7-9-26/h5,10-13,15,25H,6-9H2,1-4H3,(H,28,29)/t15-/m1/s1. The molecule has 1 fully saturated rings. The summed E-state index contributed by atoms with van der Waals surface area (Å²) in [5, 5.41) is 15.0. The van der Waals surface area contributed by atoms with Crippen molar-refractivity contribution < 1.29 is 14.3 Å². The van der Waals surface area contributed by atoms with E-state index in [1.807, 2.05) is 26.0 Å². The Labute approximate surface area is 185 Å². The molecule has 2 aromatic heterocycles. The number of carbonyl (C=O) groups is 1. The highest BCUT2D eigenvalue weighted by Crippen LogP contribution is 2.35. The van der Waals surface area contributed by atoms with Crippen molar-refractivity contribution in [3.8, 4) is 0 Å². The zero-order valence-electron chi connectivity index (χ0n) is 18.3. The number of rotatable bonds is 5. The molecule has 0 amide bonds. The highest BCUT2D eigenvalue weighted by atomic mass is 32.1. The Morgan fingerprint density at radius 2 is 1.97 bits per heavy atom. The lowest BCUT2D eigenvalue weighted by atomic mass is 9.83. The van der Waals surface area contributed by atoms with E-state index in [4.69, 9.17) is 4.42 Å². The van der Waals surface area contributed by atoms with Crippen molar-refractivity contribution in [1.82, 2.24) is 0 Å². The van der Waals surface area contributed by atoms with Crippen LogP contribution in [0.25, 0.3) is 11.0 Å². The molecule has 164 valence electrons. The summed E-state index contributed by atoms with van der Waals surface area (Å²) in [7, 11) is 0. The van der Waals surface area contributed by atoms with E-state index in [1.165, 1.54) is 11.3 Å². The summed E-state index contributed by atoms with van der Waals surface area (Å²) < 4.78 is 6.33. The van der Waals surface area contributed by atoms with E-state index in [2.05, 4.69) is 24.1 Å². The van der Waals surface area contributed by atoms with E-state index in [0.717, 1.165) is 37.1 Å². The van der Waals surface area contributed by atoms with Gasteiger partial charge in [0.15, 0.2) is 11.3 Å². The normalized spacial score (nSPS) is 17.0. The summed E-state index contributed by atoms with van der Waals surface area (Å²) in [6.45, 7) is 10.1. The zero-order chi connectivity index (χ0) is 22.3. The number of nitrogens with one attached hydrogen (secondary N) is 1. The van der Waals surface area contributed by atoms with Crippen molar-refractivity contribution in [3.05, 3.63) is 55.9 Å². The van der Waals surface area contributed by atoms with Gasteiger partial charge in [-0.3, -0.25) is 4.79 Å². The zero-order valence-corrected chi connectivity index (χ0v) is 19.1. The minimum absolute atomic E-state index is 0.0556. The van der Waals surface area contributed by atoms with Crippen LogP contribution in [0.5, 0.6) is 0 Å². The second-order valence-electron chi connectivity index (χ2n) is 9.17. The second-order valence-corrected chi connectivity index (χ2v) is 10.1. The minimum Gasteiger partial charge on any atom is -0.477 e. The molecule has 3 heterocycles. The van der Waals surface area contributed by atoms with E-state index in [0.29, 0.717) is 28.0 Å². The number of nitrogens with zero attached hydrogens (tertiary/aromatic N) is 1. The molecule has 1 aromatic carbocycles. The molecule has 0 unspecified atom stereocenters. The molecule has 1 aliphatic heterocycles. The molecule has 0 radical (unpaired) electrons. The minimum atomic E-state index is -0.958. The molecule has 4 rings (SSSR count). The maximum Gasteiger partial charge on any atom is 0.348 e. The van der Waals surface area contributed by atoms with Gasteiger partial charge in [-0.25, -0.2) is 4.79 Å². The topological polar surface area (TPSA) is 82.8 Å². The van der Waals surface area contributed by atoms with Gasteiger partial charge in [-0.2, -0.15) is 0 Å². The number of aryl methyl sites for hydroxylation is 1. The lowest BCUT2D eigenvalue weighted by Crippen LogP contribution is -2.37. The fourth-order valence-corrected chi connectivity index (χ4v) is 4.83. The third kappa shape index (κ3) is 4.32. The van der Waals surface area contributed by atoms with Crippen LogP contribution in [-0.4, -0.2) is 24.2 Å². The second kappa shape index (κ2) is 8.04. The van der Waals surface area contributed by atoms with Gasteiger partial charge in [0.05, 0.1) is 17.1 Å². The smallest absolute Gasteiger partial charge is 0.348 e. The molecule has 3 aromatic rings. The van der Waals surface area contributed by atoms with Gasteiger partial charge in [0.1, 0.15) is 10.5 Å². The molecule has 31 heavy (non-hydrogen) atoms. The number of benzene rings is 1. The molecule has 6 nitrogen and oxygen atoms in total. The van der Waals surface area contributed by atoms with Crippen molar-refractivity contribution in [3.63, 3.8) is 0 Å². The molecule has 0 aliphatic carbocycles. The highest BCUT2D eigenvalue weighted by molar-refractivity contribution is 7.12. The Hall–Kier alpha value is -2.80. The molecular weight excluding hydrogens is 412 g/mol. The number of hydrogen-bond donors (Lipinski definition) is 2. The number of aromatic carboxylic acids is 1. The van der Waals surface area contributed by atoms with Gasteiger partial charge in [0.2, 0.25) is 0 Å². The quantitative estimate of drug-likeness (QED) is 0.533. The maximum atomic E-state index is 13.0. The van der Waals surface area contributed by atoms with Crippen LogP contribution in [0.2, 0.25) is 0 Å². The van der Waals surface area contributed by atoms with E-state index in [9.17, 15) is 14.7 Å². The number of thiophene rings is 1. The number of carboxylic acid groups (broad SMARTS) is 1. The molecular formula is C24H28N2O4S. The summed E-state index contributed by atoms with van der Waals surface area (Å²) in [5.74, 6) is -0.354. The molecule has 1 saturated heterocycles. The molecule has 1 aliphatic rings. The lowest BCUT2D eigenvalue weighted by molar-refractivity contribution is 0.0703. The maximum absolute atomic E-state index is 13.0. The summed E-state index contributed by atoms with van der Waals surface area (Å²) in [6, 6.07) is 6.98. The van der Waals surface area contributed by atoms with Crippen LogP contribution in [-0.2, 0) is 0 Å². The van der Waals surface area contributed by atoms with E-state index >= 15 is 0 Å². The summed E-state index contributed by atoms with van der Waals surface area (Å²) in [6.07, 6.45) is 2.09. The summed E-state index contributed by atoms with van der Waals surface area (Å²) in [5.41, 5.74) is 3.17. The Kier molecular flexibility index (Phi) is 5.56. The van der Waals surface area contributed by atoms with Crippen molar-refractivity contribution in [2.45, 2.75) is 46.6 Å². The van der Waals surface area contributed by atoms with Gasteiger partial charge in [-0.15, -0.1) is 11.3 Å². The van der Waals surface area contributed by atoms with Crippen molar-refractivity contribution in [2.75, 3.05) is 23.3 Å². The Morgan fingerprint density at radius 1 is 1.26 bits per heavy atom. The monoisotopic (exact) mass is 440 g/mol. The Bertz CT molecular complexity index is 1180. The Morgan fingerprint density at radius 3 is 2.65 bits per heavy atom. The SMILES string of the molecule is Cc1cc([C@@H](C)Nc2ccsc2C(=O)O)c2oc(N3CCC(C)(C)CC3)cc(=O)c2c1. The molecule has 7 heteroatoms. The largest absolute Gasteiger partial charge is 0.477 e. The Balaban J connectivity index is 1.74. The van der Waals surface area contributed by atoms with Crippen LogP contribution in [0.4, 0.5) is 11.6 Å². The molecule has 2 N–H and O–H groups in total. The predicted octanol–water partition coefficient (Wildman–Crippen LogP) is 5.66. The number of fused-ring (bicyclic) bond motifs is 1. The molecule has 0 spiro atoms. The van der Waals surface area contributed by atoms with Gasteiger partial charge in [-0.05, 0) is 55.2 Å². The first-order valence-electron chi connectivity index (χ1n) is 10.6. The number of carboxylic acids is 1. The number of piperidine rings is 1. The average molecular weight is 441 g/mol. The first-order valence-corrected chi connectivity index (χ1v) is 11.4. The summed E-state index contributed by atoms with van der Waals surface area (Å²) >= 11 is 1.18. The summed E-state index contributed by atoms with van der Waals surface area (Å²) in [4.78, 5) is 26.9. The highest BCUT2D eigenvalue weighted by Gasteiger charge is 2.27. The molecule has 1 atom stereocenters. The van der Waals surface area contributed by atoms with Crippen LogP contribution in [0.3, 0.4) is 0 Å². The third-order valence-corrected chi connectivity index (χ3v) is 7.02. The van der Waals surface area contributed by atoms with Crippen molar-refractivity contribution in [1.29, 1.82) is 0 Å². The molecule has 0 saturated carbocycles.